The van der Waals surface area contributed by atoms with Crippen LogP contribution in [-0.2, 0) is 9.53 Å². The first kappa shape index (κ1) is 13.5. The molecular weight excluding hydrogens is 204 g/mol. The van der Waals surface area contributed by atoms with Crippen LogP contribution >= 0.6 is 0 Å². The third-order valence-electron chi connectivity index (χ3n) is 3.29. The average Bonchev–Trinajstić information content (AvgIpc) is 2.12. The van der Waals surface area contributed by atoms with Gasteiger partial charge in [-0.15, -0.1) is 0 Å². The summed E-state index contributed by atoms with van der Waals surface area (Å²) in [6.45, 7) is 8.10. The molecule has 0 aromatic rings. The third kappa shape index (κ3) is 2.95. The summed E-state index contributed by atoms with van der Waals surface area (Å²) in [4.78, 5) is 14.0. The molecule has 0 saturated carbocycles. The summed E-state index contributed by atoms with van der Waals surface area (Å²) in [5.74, 6) is 0.645. The van der Waals surface area contributed by atoms with Crippen molar-refractivity contribution in [2.45, 2.75) is 26.8 Å². The quantitative estimate of drug-likeness (QED) is 0.754. The van der Waals surface area contributed by atoms with Crippen LogP contribution in [0.25, 0.3) is 0 Å². The molecule has 16 heavy (non-hydrogen) atoms. The fourth-order valence-electron chi connectivity index (χ4n) is 1.96. The van der Waals surface area contributed by atoms with Crippen LogP contribution in [-0.4, -0.2) is 50.7 Å². The van der Waals surface area contributed by atoms with Crippen molar-refractivity contribution < 1.29 is 9.53 Å². The summed E-state index contributed by atoms with van der Waals surface area (Å²) < 4.78 is 5.09. The van der Waals surface area contributed by atoms with Gasteiger partial charge in [-0.25, -0.2) is 0 Å². The van der Waals surface area contributed by atoms with Crippen LogP contribution < -0.4 is 5.32 Å². The lowest BCUT2D eigenvalue weighted by Gasteiger charge is -2.37. The second-order valence-corrected chi connectivity index (χ2v) is 5.54. The summed E-state index contributed by atoms with van der Waals surface area (Å²) in [6.07, 6.45) is 0. The van der Waals surface area contributed by atoms with Crippen molar-refractivity contribution in [3.63, 3.8) is 0 Å². The van der Waals surface area contributed by atoms with Crippen molar-refractivity contribution in [3.05, 3.63) is 0 Å². The SMILES string of the molecule is CC(C)C(CNC(=O)C1(C)COC1)N(C)C. The zero-order valence-electron chi connectivity index (χ0n) is 11.0. The lowest BCUT2D eigenvalue weighted by molar-refractivity contribution is -0.157. The van der Waals surface area contributed by atoms with E-state index in [9.17, 15) is 4.79 Å². The molecule has 1 fully saturated rings. The summed E-state index contributed by atoms with van der Waals surface area (Å²) in [5, 5.41) is 3.03. The second kappa shape index (κ2) is 5.15. The third-order valence-corrected chi connectivity index (χ3v) is 3.29. The molecule has 1 aliphatic heterocycles. The number of carbonyl (C=O) groups is 1. The maximum absolute atomic E-state index is 11.9. The van der Waals surface area contributed by atoms with Gasteiger partial charge in [-0.05, 0) is 26.9 Å². The Balaban J connectivity index is 2.40. The molecule has 0 bridgehead atoms. The van der Waals surface area contributed by atoms with E-state index in [0.717, 1.165) is 0 Å². The number of likely N-dealkylation sites (N-methyl/N-ethyl adjacent to an activating group) is 1. The molecule has 1 unspecified atom stereocenters. The van der Waals surface area contributed by atoms with Gasteiger partial charge in [0.05, 0.1) is 18.6 Å². The van der Waals surface area contributed by atoms with Crippen LogP contribution in [0.1, 0.15) is 20.8 Å². The van der Waals surface area contributed by atoms with Crippen molar-refractivity contribution in [3.8, 4) is 0 Å². The normalized spacial score (nSPS) is 20.7. The Bertz CT molecular complexity index is 239. The largest absolute Gasteiger partial charge is 0.379 e. The first-order valence-electron chi connectivity index (χ1n) is 5.89. The lowest BCUT2D eigenvalue weighted by Crippen LogP contribution is -2.54. The van der Waals surface area contributed by atoms with E-state index in [1.54, 1.807) is 0 Å². The Labute approximate surface area is 98.3 Å². The predicted octanol–water partition coefficient (Wildman–Crippen LogP) is 0.725. The van der Waals surface area contributed by atoms with Gasteiger partial charge in [0.2, 0.25) is 5.91 Å². The molecule has 1 rings (SSSR count). The van der Waals surface area contributed by atoms with E-state index >= 15 is 0 Å². The van der Waals surface area contributed by atoms with Crippen LogP contribution in [0.5, 0.6) is 0 Å². The minimum absolute atomic E-state index is 0.117. The number of rotatable bonds is 5. The van der Waals surface area contributed by atoms with Gasteiger partial charge in [-0.3, -0.25) is 4.79 Å². The maximum atomic E-state index is 11.9. The molecule has 0 aromatic heterocycles. The highest BCUT2D eigenvalue weighted by molar-refractivity contribution is 5.83. The van der Waals surface area contributed by atoms with Crippen LogP contribution in [0.15, 0.2) is 0 Å². The topological polar surface area (TPSA) is 41.6 Å². The van der Waals surface area contributed by atoms with Gasteiger partial charge >= 0.3 is 0 Å². The minimum atomic E-state index is -0.298. The summed E-state index contributed by atoms with van der Waals surface area (Å²) in [5.41, 5.74) is -0.298. The Hall–Kier alpha value is -0.610. The van der Waals surface area contributed by atoms with E-state index < -0.39 is 0 Å². The maximum Gasteiger partial charge on any atom is 0.230 e. The second-order valence-electron chi connectivity index (χ2n) is 5.54. The summed E-state index contributed by atoms with van der Waals surface area (Å²) in [6, 6.07) is 0.383. The van der Waals surface area contributed by atoms with Gasteiger partial charge in [-0.1, -0.05) is 13.8 Å². The van der Waals surface area contributed by atoms with E-state index in [1.165, 1.54) is 0 Å². The Morgan fingerprint density at radius 1 is 1.44 bits per heavy atom. The number of hydrogen-bond acceptors (Lipinski definition) is 3. The standard InChI is InChI=1S/C12H24N2O2/c1-9(2)10(14(4)5)6-13-11(15)12(3)7-16-8-12/h9-10H,6-8H2,1-5H3,(H,13,15). The van der Waals surface area contributed by atoms with Crippen LogP contribution in [0.3, 0.4) is 0 Å². The molecule has 4 nitrogen and oxygen atoms in total. The van der Waals surface area contributed by atoms with Crippen molar-refractivity contribution in [1.29, 1.82) is 0 Å². The molecule has 0 aliphatic carbocycles. The number of carbonyl (C=O) groups excluding carboxylic acids is 1. The molecule has 1 heterocycles. The zero-order chi connectivity index (χ0) is 12.3. The van der Waals surface area contributed by atoms with Gasteiger partial charge in [-0.2, -0.15) is 0 Å². The molecule has 1 N–H and O–H groups in total. The Kier molecular flexibility index (Phi) is 4.33. The molecule has 0 radical (unpaired) electrons. The lowest BCUT2D eigenvalue weighted by atomic mass is 9.87. The molecule has 0 aromatic carbocycles. The molecule has 4 heteroatoms. The van der Waals surface area contributed by atoms with E-state index in [-0.39, 0.29) is 11.3 Å². The van der Waals surface area contributed by atoms with Crippen molar-refractivity contribution in [2.24, 2.45) is 11.3 Å². The molecule has 0 spiro atoms. The predicted molar refractivity (Wildman–Crippen MR) is 64.2 cm³/mol. The zero-order valence-corrected chi connectivity index (χ0v) is 11.0. The van der Waals surface area contributed by atoms with E-state index in [2.05, 4.69) is 24.1 Å². The van der Waals surface area contributed by atoms with Gasteiger partial charge in [0, 0.05) is 12.6 Å². The number of amides is 1. The Morgan fingerprint density at radius 3 is 2.31 bits per heavy atom. The number of ether oxygens (including phenoxy) is 1. The highest BCUT2D eigenvalue weighted by Gasteiger charge is 2.41. The number of nitrogens with one attached hydrogen (secondary N) is 1. The van der Waals surface area contributed by atoms with E-state index in [4.69, 9.17) is 4.74 Å². The smallest absolute Gasteiger partial charge is 0.230 e. The first-order valence-corrected chi connectivity index (χ1v) is 5.89. The summed E-state index contributed by atoms with van der Waals surface area (Å²) >= 11 is 0. The van der Waals surface area contributed by atoms with Gasteiger partial charge in [0.1, 0.15) is 0 Å². The molecule has 94 valence electrons. The van der Waals surface area contributed by atoms with Crippen molar-refractivity contribution in [1.82, 2.24) is 10.2 Å². The molecule has 1 saturated heterocycles. The number of hydrogen-bond donors (Lipinski definition) is 1. The average molecular weight is 228 g/mol. The highest BCUT2D eigenvalue weighted by atomic mass is 16.5. The highest BCUT2D eigenvalue weighted by Crippen LogP contribution is 2.26. The molecule has 1 amide bonds. The fourth-order valence-corrected chi connectivity index (χ4v) is 1.96. The monoisotopic (exact) mass is 228 g/mol. The summed E-state index contributed by atoms with van der Waals surface area (Å²) in [7, 11) is 4.09. The molecule has 1 atom stereocenters. The van der Waals surface area contributed by atoms with E-state index in [1.807, 2.05) is 21.0 Å². The van der Waals surface area contributed by atoms with Crippen LogP contribution in [0.4, 0.5) is 0 Å². The van der Waals surface area contributed by atoms with Crippen molar-refractivity contribution in [2.75, 3.05) is 33.9 Å². The van der Waals surface area contributed by atoms with Gasteiger partial charge in [0.15, 0.2) is 0 Å². The van der Waals surface area contributed by atoms with Crippen LogP contribution in [0.2, 0.25) is 0 Å². The van der Waals surface area contributed by atoms with Crippen molar-refractivity contribution >= 4 is 5.91 Å². The molecule has 1 aliphatic rings. The molecular formula is C12H24N2O2. The Morgan fingerprint density at radius 2 is 2.00 bits per heavy atom. The fraction of sp³-hybridized carbons (Fsp3) is 0.917. The van der Waals surface area contributed by atoms with Gasteiger partial charge < -0.3 is 15.0 Å². The minimum Gasteiger partial charge on any atom is -0.379 e. The number of nitrogens with zero attached hydrogens (tertiary/aromatic N) is 1. The van der Waals surface area contributed by atoms with Gasteiger partial charge in [0.25, 0.3) is 0 Å². The van der Waals surface area contributed by atoms with Crippen LogP contribution in [0, 0.1) is 11.3 Å². The van der Waals surface area contributed by atoms with E-state index in [0.29, 0.717) is 31.7 Å². The first-order chi connectivity index (χ1) is 7.37.